The Labute approximate surface area is 128 Å². The highest BCUT2D eigenvalue weighted by molar-refractivity contribution is 9.10. The fourth-order valence-corrected chi connectivity index (χ4v) is 2.47. The van der Waals surface area contributed by atoms with E-state index >= 15 is 0 Å². The summed E-state index contributed by atoms with van der Waals surface area (Å²) in [5.74, 6) is -4.72. The molecule has 0 heterocycles. The summed E-state index contributed by atoms with van der Waals surface area (Å²) in [5, 5.41) is 2.88. The molecule has 112 valence electrons. The molecular formula is C15H12BrF4N. The quantitative estimate of drug-likeness (QED) is 0.614. The first-order valence-corrected chi connectivity index (χ1v) is 7.06. The zero-order chi connectivity index (χ0) is 15.6. The molecular weight excluding hydrogens is 350 g/mol. The van der Waals surface area contributed by atoms with E-state index in [9.17, 15) is 17.6 Å². The minimum Gasteiger partial charge on any atom is -0.306 e. The molecule has 2 aromatic carbocycles. The molecule has 0 amide bonds. The minimum atomic E-state index is -1.56. The Morgan fingerprint density at radius 3 is 2.29 bits per heavy atom. The van der Waals surface area contributed by atoms with Gasteiger partial charge in [0, 0.05) is 15.6 Å². The van der Waals surface area contributed by atoms with Gasteiger partial charge in [0.25, 0.3) is 0 Å². The number of rotatable bonds is 4. The fraction of sp³-hybridized carbons (Fsp3) is 0.200. The molecule has 0 fully saturated rings. The van der Waals surface area contributed by atoms with E-state index in [0.29, 0.717) is 11.0 Å². The molecule has 1 unspecified atom stereocenters. The van der Waals surface area contributed by atoms with Crippen LogP contribution < -0.4 is 5.32 Å². The second-order valence-electron chi connectivity index (χ2n) is 4.42. The lowest BCUT2D eigenvalue weighted by atomic mass is 9.97. The standard InChI is InChI=1S/C15H12BrF4N/c1-2-21-15(10-7-8(16)3-5-11(10)17)9-4-6-12(18)14(20)13(9)19/h3-7,15,21H,2H2,1H3. The Bertz CT molecular complexity index is 660. The third-order valence-electron chi connectivity index (χ3n) is 3.05. The number of benzene rings is 2. The van der Waals surface area contributed by atoms with Crippen LogP contribution in [0.2, 0.25) is 0 Å². The molecule has 2 aromatic rings. The lowest BCUT2D eigenvalue weighted by molar-refractivity contribution is 0.431. The summed E-state index contributed by atoms with van der Waals surface area (Å²) in [6, 6.07) is 5.23. The van der Waals surface area contributed by atoms with Gasteiger partial charge in [-0.3, -0.25) is 0 Å². The summed E-state index contributed by atoms with van der Waals surface area (Å²) in [4.78, 5) is 0. The van der Waals surface area contributed by atoms with Crippen molar-refractivity contribution in [1.82, 2.24) is 5.32 Å². The van der Waals surface area contributed by atoms with Gasteiger partial charge in [-0.25, -0.2) is 17.6 Å². The van der Waals surface area contributed by atoms with Gasteiger partial charge in [-0.15, -0.1) is 0 Å². The fourth-order valence-electron chi connectivity index (χ4n) is 2.09. The van der Waals surface area contributed by atoms with Crippen LogP contribution in [-0.4, -0.2) is 6.54 Å². The lowest BCUT2D eigenvalue weighted by Gasteiger charge is -2.20. The zero-order valence-electron chi connectivity index (χ0n) is 11.1. The van der Waals surface area contributed by atoms with Crippen molar-refractivity contribution >= 4 is 15.9 Å². The summed E-state index contributed by atoms with van der Waals surface area (Å²) in [5.41, 5.74) is 0.00360. The van der Waals surface area contributed by atoms with Gasteiger partial charge in [-0.1, -0.05) is 28.9 Å². The van der Waals surface area contributed by atoms with E-state index in [1.54, 1.807) is 6.92 Å². The molecule has 0 spiro atoms. The van der Waals surface area contributed by atoms with Crippen LogP contribution in [0.4, 0.5) is 17.6 Å². The number of hydrogen-bond donors (Lipinski definition) is 1. The van der Waals surface area contributed by atoms with Crippen LogP contribution in [0.15, 0.2) is 34.8 Å². The molecule has 0 saturated heterocycles. The maximum Gasteiger partial charge on any atom is 0.194 e. The Balaban J connectivity index is 2.59. The molecule has 0 radical (unpaired) electrons. The maximum atomic E-state index is 14.0. The predicted octanol–water partition coefficient (Wildman–Crippen LogP) is 4.70. The Hall–Kier alpha value is -1.40. The number of nitrogens with one attached hydrogen (secondary N) is 1. The molecule has 0 aliphatic heterocycles. The van der Waals surface area contributed by atoms with Crippen LogP contribution in [0.3, 0.4) is 0 Å². The summed E-state index contributed by atoms with van der Waals surface area (Å²) in [6.45, 7) is 2.15. The number of halogens is 5. The van der Waals surface area contributed by atoms with Crippen molar-refractivity contribution in [3.63, 3.8) is 0 Å². The predicted molar refractivity (Wildman–Crippen MR) is 75.9 cm³/mol. The molecule has 0 aromatic heterocycles. The second kappa shape index (κ2) is 6.58. The third kappa shape index (κ3) is 3.27. The van der Waals surface area contributed by atoms with Gasteiger partial charge in [0.05, 0.1) is 6.04 Å². The Morgan fingerprint density at radius 2 is 1.62 bits per heavy atom. The molecule has 0 bridgehead atoms. The monoisotopic (exact) mass is 361 g/mol. The van der Waals surface area contributed by atoms with E-state index in [1.165, 1.54) is 18.2 Å². The second-order valence-corrected chi connectivity index (χ2v) is 5.34. The van der Waals surface area contributed by atoms with Gasteiger partial charge < -0.3 is 5.32 Å². The van der Waals surface area contributed by atoms with Crippen molar-refractivity contribution in [2.24, 2.45) is 0 Å². The molecule has 1 atom stereocenters. The van der Waals surface area contributed by atoms with E-state index in [0.717, 1.165) is 12.1 Å². The summed E-state index contributed by atoms with van der Waals surface area (Å²) in [7, 11) is 0. The molecule has 0 aliphatic carbocycles. The van der Waals surface area contributed by atoms with Crippen LogP contribution in [0.1, 0.15) is 24.1 Å². The largest absolute Gasteiger partial charge is 0.306 e. The third-order valence-corrected chi connectivity index (χ3v) is 3.55. The summed E-state index contributed by atoms with van der Waals surface area (Å²) in [6.07, 6.45) is 0. The van der Waals surface area contributed by atoms with E-state index in [-0.39, 0.29) is 11.1 Å². The van der Waals surface area contributed by atoms with Gasteiger partial charge >= 0.3 is 0 Å². The topological polar surface area (TPSA) is 12.0 Å². The van der Waals surface area contributed by atoms with Gasteiger partial charge in [0.2, 0.25) is 0 Å². The van der Waals surface area contributed by atoms with Crippen molar-refractivity contribution in [2.45, 2.75) is 13.0 Å². The van der Waals surface area contributed by atoms with Gasteiger partial charge in [0.1, 0.15) is 5.82 Å². The Kier molecular flexibility index (Phi) is 5.00. The molecule has 6 heteroatoms. The normalized spacial score (nSPS) is 12.5. The summed E-state index contributed by atoms with van der Waals surface area (Å²) >= 11 is 3.21. The molecule has 1 N–H and O–H groups in total. The minimum absolute atomic E-state index is 0.146. The first-order valence-electron chi connectivity index (χ1n) is 6.27. The first-order chi connectivity index (χ1) is 9.95. The van der Waals surface area contributed by atoms with Crippen molar-refractivity contribution in [3.8, 4) is 0 Å². The molecule has 21 heavy (non-hydrogen) atoms. The van der Waals surface area contributed by atoms with Crippen molar-refractivity contribution in [2.75, 3.05) is 6.54 Å². The zero-order valence-corrected chi connectivity index (χ0v) is 12.6. The van der Waals surface area contributed by atoms with E-state index in [1.807, 2.05) is 0 Å². The summed E-state index contributed by atoms with van der Waals surface area (Å²) < 4.78 is 55.0. The highest BCUT2D eigenvalue weighted by Crippen LogP contribution is 2.30. The smallest absolute Gasteiger partial charge is 0.194 e. The van der Waals surface area contributed by atoms with Crippen molar-refractivity contribution in [1.29, 1.82) is 0 Å². The Morgan fingerprint density at radius 1 is 0.952 bits per heavy atom. The van der Waals surface area contributed by atoms with Crippen molar-refractivity contribution < 1.29 is 17.6 Å². The van der Waals surface area contributed by atoms with Crippen molar-refractivity contribution in [3.05, 3.63) is 69.2 Å². The average molecular weight is 362 g/mol. The van der Waals surface area contributed by atoms with Crippen LogP contribution in [0, 0.1) is 23.3 Å². The number of hydrogen-bond acceptors (Lipinski definition) is 1. The van der Waals surface area contributed by atoms with Gasteiger partial charge in [0.15, 0.2) is 17.5 Å². The van der Waals surface area contributed by atoms with E-state index in [4.69, 9.17) is 0 Å². The van der Waals surface area contributed by atoms with Gasteiger partial charge in [-0.2, -0.15) is 0 Å². The van der Waals surface area contributed by atoms with Crippen LogP contribution >= 0.6 is 15.9 Å². The molecule has 0 aliphatic rings. The molecule has 2 rings (SSSR count). The molecule has 1 nitrogen and oxygen atoms in total. The first kappa shape index (κ1) is 16.0. The van der Waals surface area contributed by atoms with Gasteiger partial charge in [-0.05, 0) is 30.8 Å². The highest BCUT2D eigenvalue weighted by Gasteiger charge is 2.24. The van der Waals surface area contributed by atoms with Crippen LogP contribution in [0.5, 0.6) is 0 Å². The highest BCUT2D eigenvalue weighted by atomic mass is 79.9. The van der Waals surface area contributed by atoms with Crippen LogP contribution in [0.25, 0.3) is 0 Å². The van der Waals surface area contributed by atoms with Crippen LogP contribution in [-0.2, 0) is 0 Å². The molecule has 0 saturated carbocycles. The van der Waals surface area contributed by atoms with E-state index < -0.39 is 29.3 Å². The van der Waals surface area contributed by atoms with E-state index in [2.05, 4.69) is 21.2 Å². The SMILES string of the molecule is CCNC(c1cc(Br)ccc1F)c1ccc(F)c(F)c1F. The maximum absolute atomic E-state index is 14.0. The average Bonchev–Trinajstić information content (AvgIpc) is 2.46. The lowest BCUT2D eigenvalue weighted by Crippen LogP contribution is -2.24.